The van der Waals surface area contributed by atoms with Gasteiger partial charge in [-0.15, -0.1) is 12.4 Å². The molecule has 0 radical (unpaired) electrons. The molecule has 0 saturated heterocycles. The molecule has 1 aliphatic rings. The molecule has 0 heterocycles. The predicted octanol–water partition coefficient (Wildman–Crippen LogP) is 4.94. The number of benzene rings is 3. The number of aryl methyl sites for hydroxylation is 1. The Morgan fingerprint density at radius 2 is 1.47 bits per heavy atom. The molecule has 1 amide bonds. The summed E-state index contributed by atoms with van der Waals surface area (Å²) in [5, 5.41) is 12.4. The van der Waals surface area contributed by atoms with Crippen molar-refractivity contribution in [2.24, 2.45) is 0 Å². The van der Waals surface area contributed by atoms with E-state index in [0.29, 0.717) is 6.42 Å². The first-order valence-corrected chi connectivity index (χ1v) is 10.0. The van der Waals surface area contributed by atoms with Crippen LogP contribution in [0.5, 0.6) is 0 Å². The normalized spacial score (nSPS) is 13.0. The van der Waals surface area contributed by atoms with E-state index >= 15 is 0 Å². The summed E-state index contributed by atoms with van der Waals surface area (Å²) >= 11 is 0. The quantitative estimate of drug-likeness (QED) is 0.565. The fourth-order valence-electron chi connectivity index (χ4n) is 4.00. The Hall–Kier alpha value is -2.82. The molecule has 1 atom stereocenters. The molecule has 3 aromatic carbocycles. The summed E-state index contributed by atoms with van der Waals surface area (Å²) < 4.78 is 5.56. The number of carbonyl (C=O) groups is 1. The van der Waals surface area contributed by atoms with Gasteiger partial charge in [0.1, 0.15) is 6.61 Å². The van der Waals surface area contributed by atoms with Crippen LogP contribution in [0.4, 0.5) is 4.79 Å². The first kappa shape index (κ1) is 21.9. The number of fused-ring (bicyclic) bond motifs is 3. The topological polar surface area (TPSA) is 58.6 Å². The number of aliphatic hydroxyl groups is 1. The molecular formula is C25H26ClNO3. The second-order valence-corrected chi connectivity index (χ2v) is 7.37. The number of nitrogens with one attached hydrogen (secondary N) is 1. The molecule has 3 aromatic rings. The van der Waals surface area contributed by atoms with Gasteiger partial charge in [0, 0.05) is 5.92 Å². The second-order valence-electron chi connectivity index (χ2n) is 7.37. The first-order valence-electron chi connectivity index (χ1n) is 10.0. The zero-order chi connectivity index (χ0) is 20.1. The van der Waals surface area contributed by atoms with Crippen molar-refractivity contribution in [3.05, 3.63) is 95.6 Å². The molecule has 1 aliphatic carbocycles. The van der Waals surface area contributed by atoms with Crippen molar-refractivity contribution in [3.8, 4) is 11.1 Å². The van der Waals surface area contributed by atoms with Crippen molar-refractivity contribution >= 4 is 18.5 Å². The molecule has 5 heteroatoms. The molecule has 30 heavy (non-hydrogen) atoms. The molecule has 4 nitrogen and oxygen atoms in total. The van der Waals surface area contributed by atoms with Gasteiger partial charge in [0.05, 0.1) is 12.6 Å². The van der Waals surface area contributed by atoms with E-state index in [9.17, 15) is 9.90 Å². The molecule has 0 aliphatic heterocycles. The Morgan fingerprint density at radius 3 is 2.07 bits per heavy atom. The van der Waals surface area contributed by atoms with E-state index in [0.717, 1.165) is 6.42 Å². The van der Waals surface area contributed by atoms with Crippen molar-refractivity contribution in [3.63, 3.8) is 0 Å². The van der Waals surface area contributed by atoms with Crippen LogP contribution >= 0.6 is 12.4 Å². The zero-order valence-electron chi connectivity index (χ0n) is 16.7. The van der Waals surface area contributed by atoms with Gasteiger partial charge in [-0.05, 0) is 40.7 Å². The summed E-state index contributed by atoms with van der Waals surface area (Å²) in [5.41, 5.74) is 5.95. The minimum absolute atomic E-state index is 0. The average Bonchev–Trinajstić information content (AvgIpc) is 3.09. The predicted molar refractivity (Wildman–Crippen MR) is 121 cm³/mol. The number of amides is 1. The molecule has 0 fully saturated rings. The fraction of sp³-hybridized carbons (Fsp3) is 0.240. The first-order chi connectivity index (χ1) is 14.3. The van der Waals surface area contributed by atoms with Gasteiger partial charge in [0.2, 0.25) is 0 Å². The Kier molecular flexibility index (Phi) is 7.50. The van der Waals surface area contributed by atoms with E-state index in [4.69, 9.17) is 4.74 Å². The Morgan fingerprint density at radius 1 is 0.900 bits per heavy atom. The summed E-state index contributed by atoms with van der Waals surface area (Å²) in [6, 6.07) is 26.2. The summed E-state index contributed by atoms with van der Waals surface area (Å²) in [5.74, 6) is 0.0324. The van der Waals surface area contributed by atoms with Crippen molar-refractivity contribution in [1.82, 2.24) is 5.32 Å². The van der Waals surface area contributed by atoms with Gasteiger partial charge < -0.3 is 15.2 Å². The Labute approximate surface area is 183 Å². The monoisotopic (exact) mass is 423 g/mol. The van der Waals surface area contributed by atoms with Crippen LogP contribution < -0.4 is 5.32 Å². The number of hydrogen-bond acceptors (Lipinski definition) is 3. The molecular weight excluding hydrogens is 398 g/mol. The highest BCUT2D eigenvalue weighted by Gasteiger charge is 2.29. The van der Waals surface area contributed by atoms with Crippen molar-refractivity contribution < 1.29 is 14.6 Å². The number of alkyl carbamates (subject to hydrolysis) is 1. The summed E-state index contributed by atoms with van der Waals surface area (Å²) in [7, 11) is 0. The van der Waals surface area contributed by atoms with Crippen LogP contribution in [0.15, 0.2) is 78.9 Å². The van der Waals surface area contributed by atoms with Crippen LogP contribution in [-0.2, 0) is 11.2 Å². The SMILES string of the molecule is Cl.O=C(N[C@H](CO)CCc1ccccc1)OCC1c2ccccc2-c2ccccc21. The maximum absolute atomic E-state index is 12.4. The maximum Gasteiger partial charge on any atom is 0.407 e. The van der Waals surface area contributed by atoms with Crippen molar-refractivity contribution in [2.75, 3.05) is 13.2 Å². The van der Waals surface area contributed by atoms with E-state index in [2.05, 4.69) is 29.6 Å². The van der Waals surface area contributed by atoms with Gasteiger partial charge in [-0.1, -0.05) is 78.9 Å². The smallest absolute Gasteiger partial charge is 0.407 e. The lowest BCUT2D eigenvalue weighted by molar-refractivity contribution is 0.131. The molecule has 0 spiro atoms. The van der Waals surface area contributed by atoms with E-state index < -0.39 is 6.09 Å². The second kappa shape index (κ2) is 10.3. The number of halogens is 1. The van der Waals surface area contributed by atoms with E-state index in [1.807, 2.05) is 54.6 Å². The third-order valence-electron chi connectivity index (χ3n) is 5.51. The minimum Gasteiger partial charge on any atom is -0.449 e. The lowest BCUT2D eigenvalue weighted by atomic mass is 9.98. The average molecular weight is 424 g/mol. The van der Waals surface area contributed by atoms with E-state index in [1.54, 1.807) is 0 Å². The van der Waals surface area contributed by atoms with Crippen LogP contribution in [-0.4, -0.2) is 30.5 Å². The lowest BCUT2D eigenvalue weighted by Gasteiger charge is -2.18. The Bertz CT molecular complexity index is 931. The molecule has 0 bridgehead atoms. The summed E-state index contributed by atoms with van der Waals surface area (Å²) in [6.45, 7) is 0.160. The molecule has 0 saturated carbocycles. The van der Waals surface area contributed by atoms with Crippen molar-refractivity contribution in [2.45, 2.75) is 24.8 Å². The highest BCUT2D eigenvalue weighted by molar-refractivity contribution is 5.85. The highest BCUT2D eigenvalue weighted by Crippen LogP contribution is 2.44. The molecule has 0 aromatic heterocycles. The van der Waals surface area contributed by atoms with Gasteiger partial charge in [-0.3, -0.25) is 0 Å². The number of aliphatic hydroxyl groups excluding tert-OH is 1. The van der Waals surface area contributed by atoms with Crippen LogP contribution in [0.25, 0.3) is 11.1 Å². The van der Waals surface area contributed by atoms with Crippen LogP contribution in [0.2, 0.25) is 0 Å². The van der Waals surface area contributed by atoms with Gasteiger partial charge in [0.25, 0.3) is 0 Å². The van der Waals surface area contributed by atoms with Crippen LogP contribution in [0, 0.1) is 0 Å². The fourth-order valence-corrected chi connectivity index (χ4v) is 4.00. The molecule has 2 N–H and O–H groups in total. The van der Waals surface area contributed by atoms with Gasteiger partial charge in [-0.2, -0.15) is 0 Å². The molecule has 4 rings (SSSR count). The van der Waals surface area contributed by atoms with Crippen LogP contribution in [0.3, 0.4) is 0 Å². The number of rotatable bonds is 7. The summed E-state index contributed by atoms with van der Waals surface area (Å²) in [4.78, 5) is 12.4. The van der Waals surface area contributed by atoms with Gasteiger partial charge in [0.15, 0.2) is 0 Å². The molecule has 0 unspecified atom stereocenters. The number of ether oxygens (including phenoxy) is 1. The van der Waals surface area contributed by atoms with Gasteiger partial charge >= 0.3 is 6.09 Å². The van der Waals surface area contributed by atoms with Crippen molar-refractivity contribution in [1.29, 1.82) is 0 Å². The largest absolute Gasteiger partial charge is 0.449 e. The van der Waals surface area contributed by atoms with Gasteiger partial charge in [-0.25, -0.2) is 4.79 Å². The Balaban J connectivity index is 0.00000256. The summed E-state index contributed by atoms with van der Waals surface area (Å²) in [6.07, 6.45) is 0.958. The minimum atomic E-state index is -0.487. The highest BCUT2D eigenvalue weighted by atomic mass is 35.5. The number of hydrogen-bond donors (Lipinski definition) is 2. The standard InChI is InChI=1S/C25H25NO3.ClH/c27-16-19(15-14-18-8-2-1-3-9-18)26-25(28)29-17-24-22-12-6-4-10-20(22)21-11-5-7-13-23(21)24;/h1-13,19,24,27H,14-17H2,(H,26,28);1H/t19-;/m0./s1. The maximum atomic E-state index is 12.4. The lowest BCUT2D eigenvalue weighted by Crippen LogP contribution is -2.38. The van der Waals surface area contributed by atoms with E-state index in [1.165, 1.54) is 27.8 Å². The third kappa shape index (κ3) is 4.84. The zero-order valence-corrected chi connectivity index (χ0v) is 17.5. The molecule has 156 valence electrons. The van der Waals surface area contributed by atoms with E-state index in [-0.39, 0.29) is 37.6 Å². The number of carbonyl (C=O) groups excluding carboxylic acids is 1. The third-order valence-corrected chi connectivity index (χ3v) is 5.51. The van der Waals surface area contributed by atoms with Crippen LogP contribution in [0.1, 0.15) is 29.0 Å².